The SMILES string of the molecule is COP(=S)(OC[C@H]1O[C@@H](n2cnc3c(=S)[nH]c(N)nc32)CC1O)OC1C[C@H](n2cnc3c(=S)[nH]c(N)nc32)O[C@@H]1COP(=O)(O)O[C@H](CO)COCCOCCOCCOc1c(C)c(C)c2c(c1C)CC[C@@](C)(CCC[C@H](C)CCC[C@H](C)CCCC(C)C)O2. The van der Waals surface area contributed by atoms with Gasteiger partial charge in [-0.3, -0.25) is 18.2 Å². The second kappa shape index (κ2) is 33.1. The number of H-pyrrole nitrogens is 2. The maximum atomic E-state index is 13.5. The molecule has 0 amide bonds. The van der Waals surface area contributed by atoms with E-state index in [2.05, 4.69) is 85.3 Å². The van der Waals surface area contributed by atoms with E-state index in [9.17, 15) is 19.7 Å². The lowest BCUT2D eigenvalue weighted by Crippen LogP contribution is -2.37. The molecule has 0 saturated carbocycles. The van der Waals surface area contributed by atoms with Crippen molar-refractivity contribution in [3.63, 3.8) is 0 Å². The Morgan fingerprint density at radius 3 is 1.93 bits per heavy atom. The first-order valence-electron chi connectivity index (χ1n) is 31.3. The number of nitrogens with zero attached hydrogens (tertiary/aromatic N) is 6. The Labute approximate surface area is 542 Å². The zero-order chi connectivity index (χ0) is 64.9. The van der Waals surface area contributed by atoms with E-state index < -0.39 is 70.7 Å². The summed E-state index contributed by atoms with van der Waals surface area (Å²) in [6, 6.07) is 0. The van der Waals surface area contributed by atoms with E-state index in [4.69, 9.17) is 103 Å². The average Bonchev–Trinajstić information content (AvgIpc) is 1.21. The zero-order valence-corrected chi connectivity index (χ0v) is 57.5. The third-order valence-electron chi connectivity index (χ3n) is 17.0. The van der Waals surface area contributed by atoms with Gasteiger partial charge in [0.15, 0.2) is 11.3 Å². The van der Waals surface area contributed by atoms with E-state index in [0.29, 0.717) is 46.8 Å². The van der Waals surface area contributed by atoms with Crippen molar-refractivity contribution in [2.24, 2.45) is 17.8 Å². The summed E-state index contributed by atoms with van der Waals surface area (Å²) < 4.78 is 89.0. The molecule has 4 unspecified atom stereocenters. The molecule has 90 heavy (non-hydrogen) atoms. The second-order valence-electron chi connectivity index (χ2n) is 24.7. The van der Waals surface area contributed by atoms with Crippen LogP contribution in [-0.4, -0.2) is 163 Å². The highest BCUT2D eigenvalue weighted by Gasteiger charge is 2.45. The molecule has 2 saturated heterocycles. The number of aliphatic hydroxyl groups is 2. The molecular formula is C59H94N10O16P2S3. The van der Waals surface area contributed by atoms with Gasteiger partial charge in [0.25, 0.3) is 0 Å². The number of anilines is 2. The number of aromatic nitrogens is 8. The normalized spacial score (nSPS) is 23.5. The fraction of sp³-hybridized carbons (Fsp3) is 0.729. The van der Waals surface area contributed by atoms with Crippen LogP contribution in [0.3, 0.4) is 0 Å². The van der Waals surface area contributed by atoms with Gasteiger partial charge < -0.3 is 83.3 Å². The lowest BCUT2D eigenvalue weighted by molar-refractivity contribution is -0.0563. The topological polar surface area (TPSA) is 334 Å². The van der Waals surface area contributed by atoms with E-state index in [0.717, 1.165) is 65.2 Å². The molecule has 0 spiro atoms. The number of nitrogen functional groups attached to an aromatic ring is 2. The van der Waals surface area contributed by atoms with E-state index in [1.807, 2.05) is 0 Å². The van der Waals surface area contributed by atoms with Gasteiger partial charge in [0.1, 0.15) is 74.8 Å². The van der Waals surface area contributed by atoms with Crippen LogP contribution >= 0.6 is 39.0 Å². The molecule has 9 N–H and O–H groups in total. The quantitative estimate of drug-likeness (QED) is 0.0110. The summed E-state index contributed by atoms with van der Waals surface area (Å²) in [7, 11) is -3.60. The fourth-order valence-corrected chi connectivity index (χ4v) is 14.8. The molecule has 26 nitrogen and oxygen atoms in total. The summed E-state index contributed by atoms with van der Waals surface area (Å²) in [5, 5.41) is 21.2. The van der Waals surface area contributed by atoms with Crippen LogP contribution in [0.2, 0.25) is 0 Å². The number of nitrogens with one attached hydrogen (secondary N) is 2. The van der Waals surface area contributed by atoms with E-state index in [-0.39, 0.29) is 68.0 Å². The largest absolute Gasteiger partial charge is 0.491 e. The molecule has 1 aromatic carbocycles. The number of hydrogen-bond acceptors (Lipinski definition) is 24. The number of aliphatic hydroxyl groups excluding tert-OH is 2. The van der Waals surface area contributed by atoms with Crippen LogP contribution < -0.4 is 20.9 Å². The summed E-state index contributed by atoms with van der Waals surface area (Å²) in [6.07, 6.45) is 9.68. The Morgan fingerprint density at radius 2 is 1.33 bits per heavy atom. The van der Waals surface area contributed by atoms with Gasteiger partial charge in [-0.1, -0.05) is 97.1 Å². The Hall–Kier alpha value is -3.68. The summed E-state index contributed by atoms with van der Waals surface area (Å²) in [4.78, 5) is 33.8. The van der Waals surface area contributed by atoms with Crippen LogP contribution in [0, 0.1) is 47.8 Å². The molecule has 7 heterocycles. The van der Waals surface area contributed by atoms with Gasteiger partial charge in [-0.2, -0.15) is 9.97 Å². The number of rotatable bonds is 38. The predicted octanol–water partition coefficient (Wildman–Crippen LogP) is 10.4. The molecule has 504 valence electrons. The number of hydrogen-bond donors (Lipinski definition) is 7. The van der Waals surface area contributed by atoms with Crippen molar-refractivity contribution in [3.05, 3.63) is 44.2 Å². The molecule has 0 aliphatic carbocycles. The van der Waals surface area contributed by atoms with Crippen molar-refractivity contribution in [2.75, 3.05) is 84.6 Å². The van der Waals surface area contributed by atoms with Crippen molar-refractivity contribution >= 4 is 85.0 Å². The number of imidazole rings is 2. The molecule has 31 heteroatoms. The highest BCUT2D eigenvalue weighted by molar-refractivity contribution is 8.07. The van der Waals surface area contributed by atoms with Crippen LogP contribution in [0.4, 0.5) is 11.9 Å². The number of ether oxygens (including phenoxy) is 7. The Morgan fingerprint density at radius 1 is 0.778 bits per heavy atom. The number of fused-ring (bicyclic) bond motifs is 3. The van der Waals surface area contributed by atoms with Crippen LogP contribution in [-0.2, 0) is 69.1 Å². The van der Waals surface area contributed by atoms with Gasteiger partial charge >= 0.3 is 14.5 Å². The maximum absolute atomic E-state index is 13.5. The maximum Gasteiger partial charge on any atom is 0.472 e. The standard InChI is InChI=1S/C59H94N10O16P2S3/c1-35(2)13-10-14-36(3)15-11-16-37(4)17-12-19-59(8)20-18-42-40(7)51(38(5)39(6)52(42)83-59)78-26-25-76-22-21-75-23-24-77-30-41(29-70)84-86(72,73)79-32-46-44(28-48(82-46)69-34-63-50-54(69)65-58(61)67-56(50)89)85-87(90,74-9)80-31-45-43(71)27-47(81-45)68-33-62-49-53(68)64-57(60)66-55(49)88/h33-37,41,43-48,70-71H,10-32H2,1-9H3,(H,72,73)(H3,60,64,66,88)(H3,61,65,67,89)/t36-,37-,41-,43?,44?,45-,46-,47-,48-,59-,87?/m1/s1. The monoisotopic (exact) mass is 1360 g/mol. The number of nitrogens with two attached hydrogens (primary N) is 2. The highest BCUT2D eigenvalue weighted by atomic mass is 32.5. The lowest BCUT2D eigenvalue weighted by atomic mass is 9.83. The van der Waals surface area contributed by atoms with E-state index >= 15 is 0 Å². The highest BCUT2D eigenvalue weighted by Crippen LogP contribution is 2.55. The Balaban J connectivity index is 0.739. The summed E-state index contributed by atoms with van der Waals surface area (Å²) in [5.74, 6) is 4.38. The third-order valence-corrected chi connectivity index (χ3v) is 21.1. The lowest BCUT2D eigenvalue weighted by Gasteiger charge is -2.38. The first-order chi connectivity index (χ1) is 42.9. The van der Waals surface area contributed by atoms with Gasteiger partial charge in [-0.05, 0) is 99.6 Å². The number of benzene rings is 1. The van der Waals surface area contributed by atoms with Gasteiger partial charge in [-0.25, -0.2) is 14.5 Å². The molecule has 3 aliphatic heterocycles. The summed E-state index contributed by atoms with van der Waals surface area (Å²) in [6.45, 7) is 14.2. The van der Waals surface area contributed by atoms with Gasteiger partial charge in [0.05, 0.1) is 84.3 Å². The Kier molecular flexibility index (Phi) is 26.6. The zero-order valence-electron chi connectivity index (χ0n) is 53.3. The van der Waals surface area contributed by atoms with Crippen molar-refractivity contribution in [1.29, 1.82) is 0 Å². The summed E-state index contributed by atoms with van der Waals surface area (Å²) >= 11 is 16.6. The van der Waals surface area contributed by atoms with Gasteiger partial charge in [0.2, 0.25) is 11.9 Å². The molecule has 8 rings (SSSR count). The minimum atomic E-state index is -4.90. The number of phosphoric ester groups is 1. The first-order valence-corrected chi connectivity index (χ1v) is 36.1. The first kappa shape index (κ1) is 72.2. The van der Waals surface area contributed by atoms with Crippen molar-refractivity contribution in [2.45, 2.75) is 187 Å². The molecular weight excluding hydrogens is 1260 g/mol. The Bertz CT molecular complexity index is 3380. The molecule has 2 fully saturated rings. The molecule has 4 aromatic heterocycles. The average molecular weight is 1360 g/mol. The van der Waals surface area contributed by atoms with Crippen molar-refractivity contribution < 1.29 is 75.4 Å². The van der Waals surface area contributed by atoms with E-state index in [1.165, 1.54) is 76.7 Å². The minimum absolute atomic E-state index is 0.0343. The fourth-order valence-electron chi connectivity index (χ4n) is 11.8. The van der Waals surface area contributed by atoms with E-state index in [1.54, 1.807) is 9.13 Å². The molecule has 3 aliphatic rings. The van der Waals surface area contributed by atoms with Crippen LogP contribution in [0.5, 0.6) is 11.5 Å². The van der Waals surface area contributed by atoms with Gasteiger partial charge in [-0.15, -0.1) is 0 Å². The van der Waals surface area contributed by atoms with Gasteiger partial charge in [0, 0.05) is 25.5 Å². The molecule has 0 bridgehead atoms. The number of phosphoric acid groups is 1. The number of aromatic amines is 2. The van der Waals surface area contributed by atoms with Crippen LogP contribution in [0.1, 0.15) is 146 Å². The van der Waals surface area contributed by atoms with Crippen LogP contribution in [0.25, 0.3) is 22.3 Å². The smallest absolute Gasteiger partial charge is 0.472 e. The molecule has 0 radical (unpaired) electrons. The predicted molar refractivity (Wildman–Crippen MR) is 348 cm³/mol. The molecule has 5 aromatic rings. The second-order valence-corrected chi connectivity index (χ2v) is 30.0. The van der Waals surface area contributed by atoms with Crippen molar-refractivity contribution in [1.82, 2.24) is 39.0 Å². The minimum Gasteiger partial charge on any atom is -0.491 e. The van der Waals surface area contributed by atoms with Crippen LogP contribution in [0.15, 0.2) is 12.7 Å². The van der Waals surface area contributed by atoms with Crippen molar-refractivity contribution in [3.8, 4) is 11.5 Å². The third kappa shape index (κ3) is 19.5. The summed E-state index contributed by atoms with van der Waals surface area (Å²) in [5.41, 5.74) is 17.7. The molecule has 12 atom stereocenters.